The Kier molecular flexibility index (Phi) is 6.57. The number of carbonyl (C=O) groups is 2. The zero-order chi connectivity index (χ0) is 14.9. The number of hydrogen-bond acceptors (Lipinski definition) is 4. The van der Waals surface area contributed by atoms with Crippen LogP contribution < -0.4 is 0 Å². The molecule has 2 aromatic carbocycles. The second-order valence-electron chi connectivity index (χ2n) is 4.48. The van der Waals surface area contributed by atoms with Crippen molar-refractivity contribution in [2.45, 2.75) is 12.8 Å². The fraction of sp³-hybridized carbons (Fsp3) is 0.176. The molecule has 0 heterocycles. The Morgan fingerprint density at radius 2 is 1.05 bits per heavy atom. The molecule has 2 rings (SSSR count). The molecule has 0 fully saturated rings. The van der Waals surface area contributed by atoms with Crippen LogP contribution in [-0.4, -0.2) is 15.3 Å². The second kappa shape index (κ2) is 8.70. The minimum Gasteiger partial charge on any atom is -0.287 e. The molecular formula is C17H16O2S2. The monoisotopic (exact) mass is 316 g/mol. The van der Waals surface area contributed by atoms with E-state index in [1.165, 1.54) is 23.5 Å². The van der Waals surface area contributed by atoms with E-state index in [-0.39, 0.29) is 10.2 Å². The van der Waals surface area contributed by atoms with Crippen LogP contribution in [0, 0.1) is 0 Å². The molecule has 0 unspecified atom stereocenters. The Labute approximate surface area is 133 Å². The Hall–Kier alpha value is -1.52. The summed E-state index contributed by atoms with van der Waals surface area (Å²) in [7, 11) is 0. The molecule has 0 amide bonds. The van der Waals surface area contributed by atoms with Gasteiger partial charge in [0.1, 0.15) is 0 Å². The van der Waals surface area contributed by atoms with Gasteiger partial charge in [-0.1, -0.05) is 84.2 Å². The lowest BCUT2D eigenvalue weighted by atomic mass is 10.2. The van der Waals surface area contributed by atoms with E-state index < -0.39 is 0 Å². The summed E-state index contributed by atoms with van der Waals surface area (Å²) in [6.45, 7) is 0. The highest BCUT2D eigenvalue weighted by Crippen LogP contribution is 2.18. The van der Waals surface area contributed by atoms with Crippen LogP contribution >= 0.6 is 23.5 Å². The first-order valence-electron chi connectivity index (χ1n) is 6.63. The third kappa shape index (κ3) is 6.19. The van der Waals surface area contributed by atoms with Gasteiger partial charge >= 0.3 is 0 Å². The zero-order valence-electron chi connectivity index (χ0n) is 11.5. The molecule has 0 radical (unpaired) electrons. The maximum atomic E-state index is 11.8. The molecule has 0 spiro atoms. The van der Waals surface area contributed by atoms with Crippen molar-refractivity contribution in [1.29, 1.82) is 0 Å². The average molecular weight is 316 g/mol. The van der Waals surface area contributed by atoms with Gasteiger partial charge in [0.25, 0.3) is 0 Å². The molecular weight excluding hydrogens is 300 g/mol. The van der Waals surface area contributed by atoms with E-state index in [1.54, 1.807) is 0 Å². The highest BCUT2D eigenvalue weighted by atomic mass is 32.2. The first-order valence-corrected chi connectivity index (χ1v) is 8.60. The molecule has 21 heavy (non-hydrogen) atoms. The van der Waals surface area contributed by atoms with E-state index in [0.717, 1.165) is 11.1 Å². The van der Waals surface area contributed by atoms with Gasteiger partial charge < -0.3 is 0 Å². The minimum atomic E-state index is 0.0983. The predicted molar refractivity (Wildman–Crippen MR) is 90.4 cm³/mol. The Morgan fingerprint density at radius 1 is 0.667 bits per heavy atom. The van der Waals surface area contributed by atoms with Crippen molar-refractivity contribution >= 4 is 33.8 Å². The number of benzene rings is 2. The molecule has 2 aromatic rings. The maximum absolute atomic E-state index is 11.8. The fourth-order valence-electron chi connectivity index (χ4n) is 1.79. The first-order chi connectivity index (χ1) is 10.2. The van der Waals surface area contributed by atoms with Crippen LogP contribution in [-0.2, 0) is 22.4 Å². The van der Waals surface area contributed by atoms with Crippen molar-refractivity contribution in [3.63, 3.8) is 0 Å². The Morgan fingerprint density at radius 3 is 1.43 bits per heavy atom. The van der Waals surface area contributed by atoms with E-state index in [1.807, 2.05) is 60.7 Å². The third-order valence-corrected chi connectivity index (χ3v) is 4.70. The van der Waals surface area contributed by atoms with Crippen molar-refractivity contribution in [1.82, 2.24) is 0 Å². The average Bonchev–Trinajstić information content (AvgIpc) is 2.49. The number of hydrogen-bond donors (Lipinski definition) is 0. The summed E-state index contributed by atoms with van der Waals surface area (Å²) in [5.74, 6) is 0. The van der Waals surface area contributed by atoms with Crippen molar-refractivity contribution in [2.24, 2.45) is 0 Å². The largest absolute Gasteiger partial charge is 0.287 e. The van der Waals surface area contributed by atoms with Gasteiger partial charge in [-0.2, -0.15) is 0 Å². The number of carbonyl (C=O) groups excluding carboxylic acids is 2. The lowest BCUT2D eigenvalue weighted by molar-refractivity contribution is -0.111. The molecule has 0 bridgehead atoms. The van der Waals surface area contributed by atoms with Gasteiger partial charge in [0.2, 0.25) is 0 Å². The van der Waals surface area contributed by atoms with E-state index in [4.69, 9.17) is 0 Å². The lowest BCUT2D eigenvalue weighted by Gasteiger charge is -2.02. The fourth-order valence-corrected chi connectivity index (χ4v) is 3.61. The molecule has 0 N–H and O–H groups in total. The maximum Gasteiger partial charge on any atom is 0.194 e. The molecule has 108 valence electrons. The van der Waals surface area contributed by atoms with Crippen LogP contribution in [0.15, 0.2) is 60.7 Å². The van der Waals surface area contributed by atoms with Crippen molar-refractivity contribution in [2.75, 3.05) is 5.08 Å². The van der Waals surface area contributed by atoms with E-state index in [0.29, 0.717) is 17.9 Å². The van der Waals surface area contributed by atoms with Crippen LogP contribution in [0.4, 0.5) is 0 Å². The topological polar surface area (TPSA) is 34.1 Å². The quantitative estimate of drug-likeness (QED) is 0.756. The summed E-state index contributed by atoms with van der Waals surface area (Å²) in [6.07, 6.45) is 0.831. The Balaban J connectivity index is 1.67. The zero-order valence-corrected chi connectivity index (χ0v) is 13.2. The molecule has 0 aliphatic rings. The van der Waals surface area contributed by atoms with Gasteiger partial charge in [0.05, 0.1) is 5.08 Å². The van der Waals surface area contributed by atoms with Crippen LogP contribution in [0.3, 0.4) is 0 Å². The van der Waals surface area contributed by atoms with Crippen molar-refractivity contribution in [3.05, 3.63) is 71.8 Å². The lowest BCUT2D eigenvalue weighted by Crippen LogP contribution is -2.01. The van der Waals surface area contributed by atoms with E-state index in [2.05, 4.69) is 0 Å². The smallest absolute Gasteiger partial charge is 0.194 e. The van der Waals surface area contributed by atoms with Gasteiger partial charge in [-0.25, -0.2) is 0 Å². The van der Waals surface area contributed by atoms with Crippen molar-refractivity contribution < 1.29 is 9.59 Å². The van der Waals surface area contributed by atoms with E-state index >= 15 is 0 Å². The SMILES string of the molecule is O=C(Cc1ccccc1)SCSC(=O)Cc1ccccc1. The summed E-state index contributed by atoms with van der Waals surface area (Å²) in [5, 5.41) is 0.680. The normalized spacial score (nSPS) is 10.3. The summed E-state index contributed by atoms with van der Waals surface area (Å²) in [6, 6.07) is 19.3. The first kappa shape index (κ1) is 15.9. The predicted octanol–water partition coefficient (Wildman–Crippen LogP) is 3.95. The molecule has 4 heteroatoms. The molecule has 0 aliphatic heterocycles. The second-order valence-corrected chi connectivity index (χ2v) is 6.91. The van der Waals surface area contributed by atoms with Crippen LogP contribution in [0.1, 0.15) is 11.1 Å². The number of rotatable bonds is 6. The van der Waals surface area contributed by atoms with Gasteiger partial charge in [-0.3, -0.25) is 9.59 Å². The molecule has 0 atom stereocenters. The van der Waals surface area contributed by atoms with Gasteiger partial charge in [-0.05, 0) is 11.1 Å². The van der Waals surface area contributed by atoms with Crippen LogP contribution in [0.5, 0.6) is 0 Å². The summed E-state index contributed by atoms with van der Waals surface area (Å²) in [5.41, 5.74) is 2.02. The molecule has 2 nitrogen and oxygen atoms in total. The van der Waals surface area contributed by atoms with Crippen LogP contribution in [0.2, 0.25) is 0 Å². The summed E-state index contributed by atoms with van der Waals surface area (Å²) >= 11 is 2.43. The van der Waals surface area contributed by atoms with E-state index in [9.17, 15) is 9.59 Å². The van der Waals surface area contributed by atoms with Crippen molar-refractivity contribution in [3.8, 4) is 0 Å². The highest BCUT2D eigenvalue weighted by Gasteiger charge is 2.08. The molecule has 0 aliphatic carbocycles. The highest BCUT2D eigenvalue weighted by molar-refractivity contribution is 8.28. The Bertz CT molecular complexity index is 529. The summed E-state index contributed by atoms with van der Waals surface area (Å²) in [4.78, 5) is 23.6. The molecule has 0 saturated carbocycles. The summed E-state index contributed by atoms with van der Waals surface area (Å²) < 4.78 is 0. The van der Waals surface area contributed by atoms with Crippen LogP contribution in [0.25, 0.3) is 0 Å². The van der Waals surface area contributed by atoms with Gasteiger partial charge in [0, 0.05) is 12.8 Å². The molecule has 0 saturated heterocycles. The van der Waals surface area contributed by atoms with Gasteiger partial charge in [-0.15, -0.1) is 0 Å². The molecule has 0 aromatic heterocycles. The number of thioether (sulfide) groups is 2. The third-order valence-electron chi connectivity index (χ3n) is 2.82. The minimum absolute atomic E-state index is 0.0983. The van der Waals surface area contributed by atoms with Gasteiger partial charge in [0.15, 0.2) is 10.2 Å². The standard InChI is InChI=1S/C17H16O2S2/c18-16(11-14-7-3-1-4-8-14)20-13-21-17(19)12-15-9-5-2-6-10-15/h1-10H,11-13H2.